The van der Waals surface area contributed by atoms with Crippen LogP contribution in [0.25, 0.3) is 12.2 Å². The molecule has 4 bridgehead atoms. The van der Waals surface area contributed by atoms with Gasteiger partial charge >= 0.3 is 0 Å². The van der Waals surface area contributed by atoms with Gasteiger partial charge in [-0.15, -0.1) is 0 Å². The Labute approximate surface area is 280 Å². The standard InChI is InChI=1S/2C19H17ClN2O/c2*1-18-9-8-15(17(23)10-18)16(19(18,11-21)12-22)7-4-13-2-5-14(20)6-3-13/h2*2-7,15-16H,8-10H2,1H3/b2*7-4+/t2*15-,16+,18-/m11/s1. The maximum absolute atomic E-state index is 12.4. The van der Waals surface area contributed by atoms with Crippen LogP contribution >= 0.6 is 23.2 Å². The van der Waals surface area contributed by atoms with Crippen molar-refractivity contribution in [3.05, 3.63) is 81.9 Å². The van der Waals surface area contributed by atoms with Crippen LogP contribution in [0, 0.1) is 90.7 Å². The van der Waals surface area contributed by atoms with Crippen molar-refractivity contribution in [2.24, 2.45) is 45.3 Å². The molecule has 0 saturated heterocycles. The minimum Gasteiger partial charge on any atom is -0.299 e. The lowest BCUT2D eigenvalue weighted by Crippen LogP contribution is -2.57. The van der Waals surface area contributed by atoms with E-state index in [2.05, 4.69) is 24.3 Å². The first-order chi connectivity index (χ1) is 21.9. The number of fused-ring (bicyclic) bond motifs is 6. The second-order valence-electron chi connectivity index (χ2n) is 13.6. The van der Waals surface area contributed by atoms with E-state index in [1.807, 2.05) is 62.4 Å². The van der Waals surface area contributed by atoms with Gasteiger partial charge in [0, 0.05) is 57.4 Å². The van der Waals surface area contributed by atoms with E-state index in [1.165, 1.54) is 0 Å². The first-order valence-corrected chi connectivity index (χ1v) is 16.2. The van der Waals surface area contributed by atoms with E-state index in [-0.39, 0.29) is 35.2 Å². The highest BCUT2D eigenvalue weighted by Crippen LogP contribution is 2.63. The number of halogens is 2. The van der Waals surface area contributed by atoms with Crippen molar-refractivity contribution in [3.63, 3.8) is 0 Å². The molecule has 46 heavy (non-hydrogen) atoms. The fourth-order valence-corrected chi connectivity index (χ4v) is 8.59. The molecule has 0 amide bonds. The minimum atomic E-state index is -1.13. The highest BCUT2D eigenvalue weighted by Gasteiger charge is 2.65. The van der Waals surface area contributed by atoms with Crippen molar-refractivity contribution in [2.45, 2.75) is 52.4 Å². The number of carbonyl (C=O) groups excluding carboxylic acids is 2. The van der Waals surface area contributed by atoms with Crippen molar-refractivity contribution < 1.29 is 9.59 Å². The highest BCUT2D eigenvalue weighted by atomic mass is 35.5. The monoisotopic (exact) mass is 648 g/mol. The van der Waals surface area contributed by atoms with E-state index in [4.69, 9.17) is 23.2 Å². The number of allylic oxidation sites excluding steroid dienone is 2. The summed E-state index contributed by atoms with van der Waals surface area (Å²) >= 11 is 11.8. The third-order valence-electron chi connectivity index (χ3n) is 11.2. The molecule has 232 valence electrons. The zero-order chi connectivity index (χ0) is 33.3. The van der Waals surface area contributed by atoms with Gasteiger partial charge in [0.15, 0.2) is 10.8 Å². The van der Waals surface area contributed by atoms with Gasteiger partial charge in [0.1, 0.15) is 11.6 Å². The third kappa shape index (κ3) is 5.35. The van der Waals surface area contributed by atoms with E-state index >= 15 is 0 Å². The molecule has 6 fully saturated rings. The van der Waals surface area contributed by atoms with Gasteiger partial charge in [0.2, 0.25) is 0 Å². The van der Waals surface area contributed by atoms with Crippen LogP contribution in [0.3, 0.4) is 0 Å². The second-order valence-corrected chi connectivity index (χ2v) is 14.5. The van der Waals surface area contributed by atoms with E-state index in [9.17, 15) is 30.6 Å². The molecule has 2 aromatic carbocycles. The molecule has 0 unspecified atom stereocenters. The Morgan fingerprint density at radius 3 is 1.24 bits per heavy atom. The molecule has 0 aliphatic heterocycles. The van der Waals surface area contributed by atoms with Crippen molar-refractivity contribution in [1.29, 1.82) is 21.0 Å². The maximum Gasteiger partial charge on any atom is 0.156 e. The van der Waals surface area contributed by atoms with Crippen LogP contribution in [0.15, 0.2) is 60.7 Å². The Morgan fingerprint density at radius 1 is 0.630 bits per heavy atom. The number of hydrogen-bond donors (Lipinski definition) is 0. The molecule has 0 aromatic heterocycles. The summed E-state index contributed by atoms with van der Waals surface area (Å²) < 4.78 is 0. The smallest absolute Gasteiger partial charge is 0.156 e. The lowest BCUT2D eigenvalue weighted by atomic mass is 9.44. The molecule has 0 spiro atoms. The molecule has 2 aromatic rings. The molecule has 6 nitrogen and oxygen atoms in total. The van der Waals surface area contributed by atoms with Crippen molar-refractivity contribution >= 4 is 46.9 Å². The fraction of sp³-hybridized carbons (Fsp3) is 0.421. The number of nitrogens with zero attached hydrogens (tertiary/aromatic N) is 4. The van der Waals surface area contributed by atoms with Crippen LogP contribution in [0.2, 0.25) is 10.0 Å². The Bertz CT molecular complexity index is 1610. The van der Waals surface area contributed by atoms with Crippen LogP contribution < -0.4 is 0 Å². The normalized spacial score (nSPS) is 31.7. The van der Waals surface area contributed by atoms with E-state index in [0.717, 1.165) is 36.8 Å². The van der Waals surface area contributed by atoms with Gasteiger partial charge in [-0.3, -0.25) is 9.59 Å². The second kappa shape index (κ2) is 12.5. The molecule has 6 atom stereocenters. The average molecular weight is 650 g/mol. The van der Waals surface area contributed by atoms with Gasteiger partial charge in [-0.25, -0.2) is 0 Å². The Morgan fingerprint density at radius 2 is 0.957 bits per heavy atom. The third-order valence-corrected chi connectivity index (χ3v) is 11.7. The van der Waals surface area contributed by atoms with E-state index < -0.39 is 21.7 Å². The summed E-state index contributed by atoms with van der Waals surface area (Å²) in [5.74, 6) is -0.781. The van der Waals surface area contributed by atoms with Crippen LogP contribution in [0.5, 0.6) is 0 Å². The maximum atomic E-state index is 12.4. The average Bonchev–Trinajstić information content (AvgIpc) is 3.04. The summed E-state index contributed by atoms with van der Waals surface area (Å²) in [5.41, 5.74) is -1.50. The number of benzene rings is 2. The van der Waals surface area contributed by atoms with Gasteiger partial charge in [0.05, 0.1) is 24.3 Å². The number of nitriles is 4. The van der Waals surface area contributed by atoms with Crippen LogP contribution in [0.1, 0.15) is 63.5 Å². The van der Waals surface area contributed by atoms with Crippen LogP contribution in [-0.2, 0) is 9.59 Å². The van der Waals surface area contributed by atoms with Gasteiger partial charge in [-0.2, -0.15) is 21.0 Å². The molecular weight excluding hydrogens is 615 g/mol. The molecule has 6 aliphatic rings. The molecule has 8 heteroatoms. The molecule has 8 rings (SSSR count). The Balaban J connectivity index is 0.000000181. The van der Waals surface area contributed by atoms with Crippen molar-refractivity contribution in [2.75, 3.05) is 0 Å². The summed E-state index contributed by atoms with van der Waals surface area (Å²) in [6.07, 6.45) is 11.3. The zero-order valence-corrected chi connectivity index (χ0v) is 27.4. The number of carbonyl (C=O) groups is 2. The van der Waals surface area contributed by atoms with Gasteiger partial charge in [0.25, 0.3) is 0 Å². The Hall–Kier alpha value is -4.20. The molecule has 0 heterocycles. The minimum absolute atomic E-state index is 0.186. The summed E-state index contributed by atoms with van der Waals surface area (Å²) in [6.45, 7) is 3.83. The molecule has 0 N–H and O–H groups in total. The lowest BCUT2D eigenvalue weighted by molar-refractivity contribution is -0.144. The van der Waals surface area contributed by atoms with Gasteiger partial charge < -0.3 is 0 Å². The lowest BCUT2D eigenvalue weighted by Gasteiger charge is -2.55. The van der Waals surface area contributed by atoms with E-state index in [1.54, 1.807) is 24.3 Å². The summed E-state index contributed by atoms with van der Waals surface area (Å²) in [7, 11) is 0. The number of Topliss-reactive ketones (excluding diaryl/α,β-unsaturated/α-hetero) is 2. The van der Waals surface area contributed by atoms with Crippen molar-refractivity contribution in [3.8, 4) is 24.3 Å². The SMILES string of the molecule is C[C@@]12CC[C@@H](C(=O)C1)[C@H](/C=C/c1ccc(Cl)cc1)C2(C#N)C#N.C[C@@]12CC[C@@H](C(=O)C1)[C@H](/C=C/c1ccc(Cl)cc1)C2(C#N)C#N. The number of rotatable bonds is 4. The zero-order valence-electron chi connectivity index (χ0n) is 25.8. The molecular formula is C38H34Cl2N4O2. The predicted octanol–water partition coefficient (Wildman–Crippen LogP) is 8.78. The summed E-state index contributed by atoms with van der Waals surface area (Å²) in [5, 5.41) is 40.5. The van der Waals surface area contributed by atoms with E-state index in [0.29, 0.717) is 22.9 Å². The quantitative estimate of drug-likeness (QED) is 0.326. The first-order valence-electron chi connectivity index (χ1n) is 15.5. The molecule has 6 saturated carbocycles. The molecule has 0 radical (unpaired) electrons. The summed E-state index contributed by atoms with van der Waals surface area (Å²) in [6, 6.07) is 23.8. The van der Waals surface area contributed by atoms with Crippen LogP contribution in [0.4, 0.5) is 0 Å². The van der Waals surface area contributed by atoms with Crippen molar-refractivity contribution in [1.82, 2.24) is 0 Å². The van der Waals surface area contributed by atoms with Gasteiger partial charge in [-0.1, -0.05) is 85.6 Å². The number of hydrogen-bond acceptors (Lipinski definition) is 6. The summed E-state index contributed by atoms with van der Waals surface area (Å²) in [4.78, 5) is 24.8. The molecule has 6 aliphatic carbocycles. The largest absolute Gasteiger partial charge is 0.299 e. The topological polar surface area (TPSA) is 129 Å². The predicted molar refractivity (Wildman–Crippen MR) is 176 cm³/mol. The van der Waals surface area contributed by atoms with Gasteiger partial charge in [-0.05, 0) is 61.1 Å². The first kappa shape index (κ1) is 33.2. The van der Waals surface area contributed by atoms with Crippen LogP contribution in [-0.4, -0.2) is 11.6 Å². The Kier molecular flexibility index (Phi) is 9.04. The number of ketones is 2. The fourth-order valence-electron chi connectivity index (χ4n) is 8.34. The highest BCUT2D eigenvalue weighted by molar-refractivity contribution is 6.30.